The molecular formula is C12H13BrN2O3. The number of halogens is 1. The molecule has 1 atom stereocenters. The van der Waals surface area contributed by atoms with Crippen LogP contribution in [0, 0.1) is 0 Å². The van der Waals surface area contributed by atoms with E-state index in [1.54, 1.807) is 7.11 Å². The molecule has 1 aromatic carbocycles. The molecule has 1 fully saturated rings. The first-order chi connectivity index (χ1) is 8.46. The van der Waals surface area contributed by atoms with E-state index in [9.17, 15) is 9.59 Å². The van der Waals surface area contributed by atoms with Crippen molar-refractivity contribution in [3.05, 3.63) is 28.2 Å². The first-order valence-electron chi connectivity index (χ1n) is 5.40. The number of nitrogens with one attached hydrogen (secondary N) is 2. The van der Waals surface area contributed by atoms with Gasteiger partial charge in [-0.15, -0.1) is 0 Å². The maximum atomic E-state index is 11.4. The van der Waals surface area contributed by atoms with E-state index in [4.69, 9.17) is 4.74 Å². The van der Waals surface area contributed by atoms with Gasteiger partial charge in [0.25, 0.3) is 0 Å². The minimum absolute atomic E-state index is 0.357. The third kappa shape index (κ3) is 2.20. The fraction of sp³-hybridized carbons (Fsp3) is 0.333. The number of carbonyl (C=O) groups is 2. The van der Waals surface area contributed by atoms with Crippen LogP contribution in [0.5, 0.6) is 5.75 Å². The van der Waals surface area contributed by atoms with Crippen molar-refractivity contribution in [1.29, 1.82) is 0 Å². The van der Waals surface area contributed by atoms with Crippen LogP contribution >= 0.6 is 15.9 Å². The molecule has 6 heteroatoms. The lowest BCUT2D eigenvalue weighted by atomic mass is 9.90. The van der Waals surface area contributed by atoms with Crippen LogP contribution in [0.2, 0.25) is 0 Å². The number of hydrogen-bond acceptors (Lipinski definition) is 3. The average Bonchev–Trinajstić information content (AvgIpc) is 2.34. The van der Waals surface area contributed by atoms with Crippen LogP contribution in [0.15, 0.2) is 22.7 Å². The van der Waals surface area contributed by atoms with E-state index < -0.39 is 17.4 Å². The van der Waals surface area contributed by atoms with Crippen LogP contribution in [0.4, 0.5) is 0 Å². The molecular weight excluding hydrogens is 300 g/mol. The molecule has 2 rings (SSSR count). The zero-order chi connectivity index (χ0) is 13.3. The molecule has 1 saturated heterocycles. The normalized spacial score (nSPS) is 23.3. The molecule has 0 bridgehead atoms. The summed E-state index contributed by atoms with van der Waals surface area (Å²) in [5, 5.41) is 5.28. The lowest BCUT2D eigenvalue weighted by Gasteiger charge is -2.35. The molecule has 0 aromatic heterocycles. The van der Waals surface area contributed by atoms with Gasteiger partial charge in [-0.05, 0) is 40.5 Å². The number of amides is 2. The van der Waals surface area contributed by atoms with Gasteiger partial charge in [0.2, 0.25) is 0 Å². The van der Waals surface area contributed by atoms with Gasteiger partial charge in [0.05, 0.1) is 17.1 Å². The second kappa shape index (κ2) is 4.61. The van der Waals surface area contributed by atoms with Gasteiger partial charge in [0, 0.05) is 6.54 Å². The zero-order valence-electron chi connectivity index (χ0n) is 10.0. The van der Waals surface area contributed by atoms with Crippen LogP contribution in [0.25, 0.3) is 0 Å². The summed E-state index contributed by atoms with van der Waals surface area (Å²) in [6.45, 7) is 2.22. The maximum Gasteiger partial charge on any atom is 0.310 e. The van der Waals surface area contributed by atoms with Crippen LogP contribution in [-0.4, -0.2) is 25.5 Å². The highest BCUT2D eigenvalue weighted by molar-refractivity contribution is 9.10. The van der Waals surface area contributed by atoms with Crippen LogP contribution in [-0.2, 0) is 15.1 Å². The fourth-order valence-corrected chi connectivity index (χ4v) is 2.41. The summed E-state index contributed by atoms with van der Waals surface area (Å²) in [7, 11) is 1.59. The summed E-state index contributed by atoms with van der Waals surface area (Å²) >= 11 is 3.40. The minimum atomic E-state index is -0.615. The fourth-order valence-electron chi connectivity index (χ4n) is 1.87. The van der Waals surface area contributed by atoms with E-state index in [2.05, 4.69) is 26.6 Å². The van der Waals surface area contributed by atoms with Gasteiger partial charge >= 0.3 is 11.8 Å². The van der Waals surface area contributed by atoms with Gasteiger partial charge < -0.3 is 15.4 Å². The summed E-state index contributed by atoms with van der Waals surface area (Å²) in [5.74, 6) is -0.496. The highest BCUT2D eigenvalue weighted by Crippen LogP contribution is 2.30. The Hall–Kier alpha value is -1.56. The molecule has 0 aliphatic carbocycles. The minimum Gasteiger partial charge on any atom is -0.496 e. The maximum absolute atomic E-state index is 11.4. The van der Waals surface area contributed by atoms with Crippen molar-refractivity contribution in [1.82, 2.24) is 10.6 Å². The summed E-state index contributed by atoms with van der Waals surface area (Å²) in [6, 6.07) is 5.55. The highest BCUT2D eigenvalue weighted by atomic mass is 79.9. The Morgan fingerprint density at radius 3 is 2.61 bits per heavy atom. The molecule has 1 unspecified atom stereocenters. The topological polar surface area (TPSA) is 67.4 Å². The molecule has 96 valence electrons. The predicted octanol–water partition coefficient (Wildman–Crippen LogP) is 0.919. The first kappa shape index (κ1) is 12.9. The van der Waals surface area contributed by atoms with Gasteiger partial charge in [-0.2, -0.15) is 0 Å². The Labute approximate surface area is 113 Å². The number of carbonyl (C=O) groups excluding carboxylic acids is 2. The molecule has 18 heavy (non-hydrogen) atoms. The second-order valence-corrected chi connectivity index (χ2v) is 5.17. The van der Waals surface area contributed by atoms with Gasteiger partial charge in [-0.1, -0.05) is 6.07 Å². The van der Waals surface area contributed by atoms with Crippen molar-refractivity contribution < 1.29 is 14.3 Å². The van der Waals surface area contributed by atoms with E-state index in [1.807, 2.05) is 25.1 Å². The zero-order valence-corrected chi connectivity index (χ0v) is 11.6. The Balaban J connectivity index is 2.33. The molecule has 0 spiro atoms. The molecule has 0 saturated carbocycles. The van der Waals surface area contributed by atoms with E-state index in [-0.39, 0.29) is 0 Å². The first-order valence-corrected chi connectivity index (χ1v) is 6.20. The third-order valence-corrected chi connectivity index (χ3v) is 3.61. The smallest absolute Gasteiger partial charge is 0.310 e. The van der Waals surface area contributed by atoms with Crippen molar-refractivity contribution in [2.45, 2.75) is 12.5 Å². The van der Waals surface area contributed by atoms with Crippen molar-refractivity contribution >= 4 is 27.7 Å². The number of methoxy groups -OCH3 is 1. The van der Waals surface area contributed by atoms with E-state index in [1.165, 1.54) is 0 Å². The number of ether oxygens (including phenoxy) is 1. The lowest BCUT2D eigenvalue weighted by Crippen LogP contribution is -2.60. The summed E-state index contributed by atoms with van der Waals surface area (Å²) in [5.41, 5.74) is 0.281. The molecule has 1 aromatic rings. The van der Waals surface area contributed by atoms with Gasteiger partial charge in [0.15, 0.2) is 0 Å². The third-order valence-electron chi connectivity index (χ3n) is 2.99. The lowest BCUT2D eigenvalue weighted by molar-refractivity contribution is -0.142. The van der Waals surface area contributed by atoms with Gasteiger partial charge in [-0.3, -0.25) is 9.59 Å². The number of benzene rings is 1. The van der Waals surface area contributed by atoms with E-state index >= 15 is 0 Å². The molecule has 2 amide bonds. The van der Waals surface area contributed by atoms with Crippen molar-refractivity contribution in [2.24, 2.45) is 0 Å². The SMILES string of the molecule is COc1ccc(C2(C)CNC(=O)C(=O)N2)cc1Br. The standard InChI is InChI=1S/C12H13BrN2O3/c1-12(6-14-10(16)11(17)15-12)7-3-4-9(18-2)8(13)5-7/h3-5H,6H2,1-2H3,(H,14,16)(H,15,17). The summed E-state index contributed by atoms with van der Waals surface area (Å²) in [4.78, 5) is 22.6. The monoisotopic (exact) mass is 312 g/mol. The largest absolute Gasteiger partial charge is 0.496 e. The van der Waals surface area contributed by atoms with E-state index in [0.29, 0.717) is 12.3 Å². The summed E-state index contributed by atoms with van der Waals surface area (Å²) < 4.78 is 5.96. The Bertz CT molecular complexity index is 518. The van der Waals surface area contributed by atoms with Crippen molar-refractivity contribution in [3.63, 3.8) is 0 Å². The van der Waals surface area contributed by atoms with Crippen molar-refractivity contribution in [3.8, 4) is 5.75 Å². The number of piperazine rings is 1. The molecule has 0 radical (unpaired) electrons. The van der Waals surface area contributed by atoms with Gasteiger partial charge in [0.1, 0.15) is 5.75 Å². The Kier molecular flexibility index (Phi) is 3.30. The molecule has 5 nitrogen and oxygen atoms in total. The Morgan fingerprint density at radius 2 is 2.06 bits per heavy atom. The number of hydrogen-bond donors (Lipinski definition) is 2. The van der Waals surface area contributed by atoms with Crippen molar-refractivity contribution in [2.75, 3.05) is 13.7 Å². The molecule has 1 heterocycles. The average molecular weight is 313 g/mol. The highest BCUT2D eigenvalue weighted by Gasteiger charge is 2.36. The van der Waals surface area contributed by atoms with E-state index in [0.717, 1.165) is 10.0 Å². The molecule has 1 aliphatic rings. The van der Waals surface area contributed by atoms with Gasteiger partial charge in [-0.25, -0.2) is 0 Å². The summed E-state index contributed by atoms with van der Waals surface area (Å²) in [6.07, 6.45) is 0. The van der Waals surface area contributed by atoms with Crippen LogP contribution in [0.3, 0.4) is 0 Å². The van der Waals surface area contributed by atoms with Crippen LogP contribution < -0.4 is 15.4 Å². The molecule has 2 N–H and O–H groups in total. The second-order valence-electron chi connectivity index (χ2n) is 4.32. The quantitative estimate of drug-likeness (QED) is 0.798. The Morgan fingerprint density at radius 1 is 1.33 bits per heavy atom. The predicted molar refractivity (Wildman–Crippen MR) is 69.2 cm³/mol. The number of rotatable bonds is 2. The molecule has 1 aliphatic heterocycles. The van der Waals surface area contributed by atoms with Crippen LogP contribution in [0.1, 0.15) is 12.5 Å².